The zero-order valence-corrected chi connectivity index (χ0v) is 24.3. The lowest BCUT2D eigenvalue weighted by atomic mass is 9.93. The van der Waals surface area contributed by atoms with Crippen molar-refractivity contribution in [1.82, 2.24) is 9.47 Å². The molecule has 1 aromatic heterocycles. The Kier molecular flexibility index (Phi) is 8.48. The van der Waals surface area contributed by atoms with Gasteiger partial charge in [-0.15, -0.1) is 10.2 Å². The maximum absolute atomic E-state index is 12.5. The van der Waals surface area contributed by atoms with E-state index in [9.17, 15) is 9.90 Å². The highest BCUT2D eigenvalue weighted by atomic mass is 16.5. The second-order valence-corrected chi connectivity index (χ2v) is 9.80. The van der Waals surface area contributed by atoms with Crippen LogP contribution in [0, 0.1) is 0 Å². The number of azo groups is 1. The van der Waals surface area contributed by atoms with Crippen LogP contribution in [0.25, 0.3) is 10.9 Å². The molecule has 0 saturated carbocycles. The molecule has 1 aliphatic rings. The summed E-state index contributed by atoms with van der Waals surface area (Å²) in [6.45, 7) is 2.98. The van der Waals surface area contributed by atoms with E-state index >= 15 is 0 Å². The number of ether oxygens (including phenoxy) is 5. The summed E-state index contributed by atoms with van der Waals surface area (Å²) in [5.74, 6) is 2.17. The summed E-state index contributed by atoms with van der Waals surface area (Å²) in [6.07, 6.45) is 0.821. The number of carbonyl (C=O) groups is 1. The van der Waals surface area contributed by atoms with Gasteiger partial charge in [-0.3, -0.25) is 14.3 Å². The average molecular weight is 575 g/mol. The van der Waals surface area contributed by atoms with Crippen molar-refractivity contribution in [1.29, 1.82) is 0 Å². The maximum atomic E-state index is 12.5. The number of nitrogens with zero attached hydrogens (tertiary/aromatic N) is 4. The molecule has 0 bridgehead atoms. The predicted octanol–water partition coefficient (Wildman–Crippen LogP) is 5.65. The Bertz CT molecular complexity index is 1630. The highest BCUT2D eigenvalue weighted by Gasteiger charge is 2.28. The van der Waals surface area contributed by atoms with E-state index in [1.165, 1.54) is 19.8 Å². The zero-order valence-electron chi connectivity index (χ0n) is 24.3. The van der Waals surface area contributed by atoms with E-state index in [0.717, 1.165) is 24.0 Å². The van der Waals surface area contributed by atoms with Gasteiger partial charge in [-0.2, -0.15) is 0 Å². The normalized spacial score (nSPS) is 15.0. The van der Waals surface area contributed by atoms with Crippen LogP contribution in [0.5, 0.6) is 34.6 Å². The van der Waals surface area contributed by atoms with E-state index in [4.69, 9.17) is 23.7 Å². The number of carbonyl (C=O) groups excluding carboxylic acids is 1. The SMILES string of the molecule is COc1ccc(OCC(=O)N=Nc2c(O)n(CN3CCc4cc(OC)c(OC)cc4C3C)c3ccccc23)cc1OC. The van der Waals surface area contributed by atoms with Gasteiger partial charge in [-0.25, -0.2) is 0 Å². The topological polar surface area (TPSA) is 116 Å². The molecule has 11 nitrogen and oxygen atoms in total. The molecule has 0 aliphatic carbocycles. The second-order valence-electron chi connectivity index (χ2n) is 9.80. The van der Waals surface area contributed by atoms with Crippen LogP contribution < -0.4 is 23.7 Å². The lowest BCUT2D eigenvalue weighted by Crippen LogP contribution is -2.35. The van der Waals surface area contributed by atoms with Crippen molar-refractivity contribution in [2.45, 2.75) is 26.1 Å². The quantitative estimate of drug-likeness (QED) is 0.242. The van der Waals surface area contributed by atoms with Crippen molar-refractivity contribution in [3.05, 3.63) is 65.7 Å². The number of rotatable bonds is 10. The first-order valence-electron chi connectivity index (χ1n) is 13.5. The fourth-order valence-electron chi connectivity index (χ4n) is 5.27. The van der Waals surface area contributed by atoms with E-state index in [2.05, 4.69) is 22.1 Å². The van der Waals surface area contributed by atoms with Crippen molar-refractivity contribution in [3.8, 4) is 34.6 Å². The molecule has 4 aromatic rings. The Morgan fingerprint density at radius 3 is 2.36 bits per heavy atom. The maximum Gasteiger partial charge on any atom is 0.302 e. The largest absolute Gasteiger partial charge is 0.493 e. The van der Waals surface area contributed by atoms with Gasteiger partial charge in [-0.05, 0) is 54.8 Å². The third-order valence-electron chi connectivity index (χ3n) is 7.53. The predicted molar refractivity (Wildman–Crippen MR) is 157 cm³/mol. The van der Waals surface area contributed by atoms with Gasteiger partial charge >= 0.3 is 5.91 Å². The molecule has 0 radical (unpaired) electrons. The first kappa shape index (κ1) is 28.7. The monoisotopic (exact) mass is 574 g/mol. The van der Waals surface area contributed by atoms with E-state index in [1.54, 1.807) is 37.0 Å². The number of hydrogen-bond donors (Lipinski definition) is 1. The second kappa shape index (κ2) is 12.4. The third-order valence-corrected chi connectivity index (χ3v) is 7.53. The Labute approximate surface area is 243 Å². The van der Waals surface area contributed by atoms with E-state index < -0.39 is 5.91 Å². The minimum absolute atomic E-state index is 0.0505. The molecule has 11 heteroatoms. The molecular weight excluding hydrogens is 540 g/mol. The van der Waals surface area contributed by atoms with Crippen LogP contribution in [0.4, 0.5) is 5.69 Å². The minimum Gasteiger partial charge on any atom is -0.493 e. The summed E-state index contributed by atoms with van der Waals surface area (Å²) in [7, 11) is 6.32. The van der Waals surface area contributed by atoms with Crippen molar-refractivity contribution in [2.75, 3.05) is 41.6 Å². The van der Waals surface area contributed by atoms with Crippen LogP contribution in [-0.2, 0) is 17.9 Å². The number of methoxy groups -OCH3 is 4. The van der Waals surface area contributed by atoms with E-state index in [0.29, 0.717) is 40.8 Å². The Balaban J connectivity index is 1.35. The molecule has 0 fully saturated rings. The number of para-hydroxylation sites is 1. The molecular formula is C31H34N4O7. The zero-order chi connectivity index (χ0) is 29.8. The molecule has 1 amide bonds. The molecule has 0 saturated heterocycles. The van der Waals surface area contributed by atoms with Gasteiger partial charge in [0.1, 0.15) is 5.75 Å². The lowest BCUT2D eigenvalue weighted by Gasteiger charge is -2.36. The fourth-order valence-corrected chi connectivity index (χ4v) is 5.27. The third kappa shape index (κ3) is 5.55. The molecule has 1 atom stereocenters. The number of aromatic nitrogens is 1. The van der Waals surface area contributed by atoms with Crippen molar-refractivity contribution in [2.24, 2.45) is 10.2 Å². The number of amides is 1. The molecule has 1 unspecified atom stereocenters. The van der Waals surface area contributed by atoms with Crippen LogP contribution >= 0.6 is 0 Å². The highest BCUT2D eigenvalue weighted by Crippen LogP contribution is 2.42. The lowest BCUT2D eigenvalue weighted by molar-refractivity contribution is -0.120. The van der Waals surface area contributed by atoms with Crippen LogP contribution in [-0.4, -0.2) is 62.1 Å². The summed E-state index contributed by atoms with van der Waals surface area (Å²) >= 11 is 0. The van der Waals surface area contributed by atoms with Crippen molar-refractivity contribution in [3.63, 3.8) is 0 Å². The fraction of sp³-hybridized carbons (Fsp3) is 0.323. The van der Waals surface area contributed by atoms with Gasteiger partial charge in [0, 0.05) is 24.0 Å². The standard InChI is InChI=1S/C31H34N4O7/c1-19-23-16-28(41-5)26(39-3)14-20(23)12-13-34(19)18-35-24-9-7-6-8-22(24)30(31(35)37)33-32-29(36)17-42-21-10-11-25(38-2)27(15-21)40-4/h6-11,14-16,19,37H,12-13,17-18H2,1-5H3. The van der Waals surface area contributed by atoms with Crippen molar-refractivity contribution >= 4 is 22.5 Å². The number of fused-ring (bicyclic) bond motifs is 2. The molecule has 1 aliphatic heterocycles. The van der Waals surface area contributed by atoms with Gasteiger partial charge in [0.05, 0.1) is 40.6 Å². The van der Waals surface area contributed by atoms with Gasteiger partial charge in [0.15, 0.2) is 35.3 Å². The van der Waals surface area contributed by atoms with Gasteiger partial charge in [0.2, 0.25) is 5.88 Å². The highest BCUT2D eigenvalue weighted by molar-refractivity contribution is 5.95. The first-order chi connectivity index (χ1) is 20.4. The molecule has 220 valence electrons. The number of aromatic hydroxyl groups is 1. The first-order valence-corrected chi connectivity index (χ1v) is 13.5. The van der Waals surface area contributed by atoms with Gasteiger partial charge in [0.25, 0.3) is 0 Å². The molecule has 1 N–H and O–H groups in total. The van der Waals surface area contributed by atoms with Crippen LogP contribution in [0.15, 0.2) is 64.8 Å². The van der Waals surface area contributed by atoms with E-state index in [1.807, 2.05) is 36.4 Å². The summed E-state index contributed by atoms with van der Waals surface area (Å²) in [6, 6.07) is 16.6. The molecule has 5 rings (SSSR count). The minimum atomic E-state index is -0.605. The Morgan fingerprint density at radius 1 is 0.929 bits per heavy atom. The number of hydrogen-bond acceptors (Lipinski definition) is 9. The van der Waals surface area contributed by atoms with Crippen LogP contribution in [0.3, 0.4) is 0 Å². The molecule has 2 heterocycles. The molecule has 3 aromatic carbocycles. The van der Waals surface area contributed by atoms with Crippen LogP contribution in [0.2, 0.25) is 0 Å². The Morgan fingerprint density at radius 2 is 1.62 bits per heavy atom. The smallest absolute Gasteiger partial charge is 0.302 e. The van der Waals surface area contributed by atoms with Gasteiger partial charge in [-0.1, -0.05) is 18.2 Å². The summed E-state index contributed by atoms with van der Waals surface area (Å²) in [4.78, 5) is 14.8. The van der Waals surface area contributed by atoms with E-state index in [-0.39, 0.29) is 24.2 Å². The summed E-state index contributed by atoms with van der Waals surface area (Å²) < 4.78 is 28.9. The molecule has 0 spiro atoms. The molecule has 42 heavy (non-hydrogen) atoms. The number of benzene rings is 3. The van der Waals surface area contributed by atoms with Crippen molar-refractivity contribution < 1.29 is 33.6 Å². The summed E-state index contributed by atoms with van der Waals surface area (Å²) in [5, 5.41) is 19.9. The average Bonchev–Trinajstić information content (AvgIpc) is 3.29. The summed E-state index contributed by atoms with van der Waals surface area (Å²) in [5.41, 5.74) is 3.36. The van der Waals surface area contributed by atoms with Gasteiger partial charge < -0.3 is 28.8 Å². The Hall–Kier alpha value is -4.77. The van der Waals surface area contributed by atoms with Crippen LogP contribution in [0.1, 0.15) is 24.1 Å².